The Morgan fingerprint density at radius 1 is 1.00 bits per heavy atom. The number of aliphatic hydroxyl groups excluding tert-OH is 1. The van der Waals surface area contributed by atoms with E-state index in [1.54, 1.807) is 23.6 Å². The van der Waals surface area contributed by atoms with Gasteiger partial charge in [-0.25, -0.2) is 4.79 Å². The Bertz CT molecular complexity index is 1280. The molecule has 0 saturated carbocycles. The summed E-state index contributed by atoms with van der Waals surface area (Å²) in [5, 5.41) is 17.1. The highest BCUT2D eigenvalue weighted by molar-refractivity contribution is 7.99. The topological polar surface area (TPSA) is 111 Å². The zero-order valence-electron chi connectivity index (χ0n) is 21.3. The zero-order chi connectivity index (χ0) is 26.9. The number of rotatable bonds is 9. The third-order valence-electron chi connectivity index (χ3n) is 6.24. The lowest BCUT2D eigenvalue weighted by molar-refractivity contribution is -0.127. The molecule has 3 aromatic rings. The molecule has 0 spiro atoms. The Kier molecular flexibility index (Phi) is 9.40. The summed E-state index contributed by atoms with van der Waals surface area (Å²) in [4.78, 5) is 40.3. The molecule has 1 atom stereocenters. The first-order chi connectivity index (χ1) is 18.5. The van der Waals surface area contributed by atoms with Gasteiger partial charge >= 0.3 is 6.03 Å². The maximum Gasteiger partial charge on any atom is 0.315 e. The summed E-state index contributed by atoms with van der Waals surface area (Å²) in [5.41, 5.74) is 4.76. The van der Waals surface area contributed by atoms with E-state index in [1.165, 1.54) is 0 Å². The Labute approximate surface area is 226 Å². The Hall–Kier alpha value is -3.82. The van der Waals surface area contributed by atoms with Gasteiger partial charge in [0.1, 0.15) is 6.04 Å². The van der Waals surface area contributed by atoms with Crippen LogP contribution < -0.4 is 20.9 Å². The number of aliphatic hydroxyl groups is 1. The zero-order valence-corrected chi connectivity index (χ0v) is 22.1. The standard InChI is InChI=1S/C29H32N4O4S/c1-2-27(35)32-24-19-38-26-10-6-5-9-25(26)33(28(24)36)18-20-11-13-21(14-12-20)23-8-4-3-7-22(23)17-31-29(37)30-15-16-34/h3-14,24,34H,2,15-19H2,1H3,(H,32,35)(H2,30,31,37)/t24-/m1/s1. The largest absolute Gasteiger partial charge is 0.395 e. The van der Waals surface area contributed by atoms with E-state index in [0.29, 0.717) is 25.3 Å². The van der Waals surface area contributed by atoms with Gasteiger partial charge in [-0.1, -0.05) is 67.6 Å². The summed E-state index contributed by atoms with van der Waals surface area (Å²) in [6, 6.07) is 22.8. The number of thioether (sulfide) groups is 1. The average Bonchev–Trinajstić information content (AvgIpc) is 3.08. The lowest BCUT2D eigenvalue weighted by Gasteiger charge is -2.26. The van der Waals surface area contributed by atoms with Crippen LogP contribution in [-0.4, -0.2) is 47.9 Å². The third kappa shape index (κ3) is 6.73. The maximum absolute atomic E-state index is 13.5. The highest BCUT2D eigenvalue weighted by atomic mass is 32.2. The monoisotopic (exact) mass is 532 g/mol. The highest BCUT2D eigenvalue weighted by Crippen LogP contribution is 2.35. The van der Waals surface area contributed by atoms with Crippen LogP contribution in [0.15, 0.2) is 77.7 Å². The van der Waals surface area contributed by atoms with Gasteiger partial charge in [-0.2, -0.15) is 0 Å². The first-order valence-electron chi connectivity index (χ1n) is 12.6. The van der Waals surface area contributed by atoms with Crippen molar-refractivity contribution in [2.75, 3.05) is 23.8 Å². The average molecular weight is 533 g/mol. The summed E-state index contributed by atoms with van der Waals surface area (Å²) in [6.45, 7) is 2.58. The number of nitrogens with zero attached hydrogens (tertiary/aromatic N) is 1. The number of benzene rings is 3. The molecule has 0 unspecified atom stereocenters. The summed E-state index contributed by atoms with van der Waals surface area (Å²) in [6.07, 6.45) is 0.327. The second-order valence-electron chi connectivity index (χ2n) is 8.86. The number of fused-ring (bicyclic) bond motifs is 1. The van der Waals surface area contributed by atoms with Crippen LogP contribution in [0.4, 0.5) is 10.5 Å². The molecular formula is C29H32N4O4S. The van der Waals surface area contributed by atoms with Gasteiger partial charge in [-0.3, -0.25) is 9.59 Å². The molecule has 1 aliphatic rings. The molecule has 0 fully saturated rings. The molecule has 9 heteroatoms. The van der Waals surface area contributed by atoms with Crippen molar-refractivity contribution in [1.82, 2.24) is 16.0 Å². The van der Waals surface area contributed by atoms with Crippen LogP contribution in [0.3, 0.4) is 0 Å². The number of hydrogen-bond acceptors (Lipinski definition) is 5. The van der Waals surface area contributed by atoms with Crippen LogP contribution in [0, 0.1) is 0 Å². The second kappa shape index (κ2) is 13.1. The van der Waals surface area contributed by atoms with Crippen molar-refractivity contribution in [3.05, 3.63) is 83.9 Å². The fourth-order valence-electron chi connectivity index (χ4n) is 4.25. The molecular weight excluding hydrogens is 500 g/mol. The van der Waals surface area contributed by atoms with E-state index in [9.17, 15) is 14.4 Å². The van der Waals surface area contributed by atoms with E-state index < -0.39 is 6.04 Å². The molecule has 4 N–H and O–H groups in total. The number of para-hydroxylation sites is 1. The Balaban J connectivity index is 1.53. The fourth-order valence-corrected chi connectivity index (χ4v) is 5.33. The van der Waals surface area contributed by atoms with Crippen LogP contribution in [0.5, 0.6) is 0 Å². The first-order valence-corrected chi connectivity index (χ1v) is 13.6. The summed E-state index contributed by atoms with van der Waals surface area (Å²) in [7, 11) is 0. The molecule has 38 heavy (non-hydrogen) atoms. The molecule has 0 aliphatic carbocycles. The lowest BCUT2D eigenvalue weighted by atomic mass is 9.98. The number of urea groups is 1. The summed E-state index contributed by atoms with van der Waals surface area (Å²) in [5.74, 6) is 0.224. The van der Waals surface area contributed by atoms with Crippen molar-refractivity contribution in [1.29, 1.82) is 0 Å². The predicted molar refractivity (Wildman–Crippen MR) is 150 cm³/mol. The molecule has 3 aromatic carbocycles. The quantitative estimate of drug-likeness (QED) is 0.336. The van der Waals surface area contributed by atoms with Crippen molar-refractivity contribution < 1.29 is 19.5 Å². The summed E-state index contributed by atoms with van der Waals surface area (Å²) >= 11 is 1.58. The summed E-state index contributed by atoms with van der Waals surface area (Å²) < 4.78 is 0. The van der Waals surface area contributed by atoms with E-state index >= 15 is 0 Å². The smallest absolute Gasteiger partial charge is 0.315 e. The van der Waals surface area contributed by atoms with E-state index in [4.69, 9.17) is 5.11 Å². The number of carbonyl (C=O) groups excluding carboxylic acids is 3. The maximum atomic E-state index is 13.5. The van der Waals surface area contributed by atoms with Crippen LogP contribution >= 0.6 is 11.8 Å². The van der Waals surface area contributed by atoms with Crippen molar-refractivity contribution >= 4 is 35.3 Å². The Morgan fingerprint density at radius 2 is 1.74 bits per heavy atom. The number of hydrogen-bond donors (Lipinski definition) is 4. The predicted octanol–water partition coefficient (Wildman–Crippen LogP) is 3.68. The minimum absolute atomic E-state index is 0.113. The van der Waals surface area contributed by atoms with Crippen LogP contribution in [0.25, 0.3) is 11.1 Å². The SMILES string of the molecule is CCC(=O)N[C@@H]1CSc2ccccc2N(Cc2ccc(-c3ccccc3CNC(=O)NCCO)cc2)C1=O. The van der Waals surface area contributed by atoms with Gasteiger partial charge < -0.3 is 26.0 Å². The van der Waals surface area contributed by atoms with Crippen molar-refractivity contribution in [3.8, 4) is 11.1 Å². The van der Waals surface area contributed by atoms with Gasteiger partial charge in [-0.05, 0) is 34.4 Å². The number of nitrogens with one attached hydrogen (secondary N) is 3. The molecule has 0 bridgehead atoms. The normalized spacial score (nSPS) is 14.8. The van der Waals surface area contributed by atoms with Gasteiger partial charge in [0.15, 0.2) is 0 Å². The fraction of sp³-hybridized carbons (Fsp3) is 0.276. The van der Waals surface area contributed by atoms with Gasteiger partial charge in [0, 0.05) is 30.2 Å². The van der Waals surface area contributed by atoms with Crippen molar-refractivity contribution in [2.24, 2.45) is 0 Å². The van der Waals surface area contributed by atoms with Gasteiger partial charge in [0.05, 0.1) is 18.8 Å². The van der Waals surface area contributed by atoms with Gasteiger partial charge in [0.2, 0.25) is 5.91 Å². The molecule has 1 aliphatic heterocycles. The van der Waals surface area contributed by atoms with Crippen molar-refractivity contribution in [3.63, 3.8) is 0 Å². The molecule has 0 saturated heterocycles. The van der Waals surface area contributed by atoms with Gasteiger partial charge in [-0.15, -0.1) is 11.8 Å². The molecule has 198 valence electrons. The van der Waals surface area contributed by atoms with Crippen molar-refractivity contribution in [2.45, 2.75) is 37.4 Å². The molecule has 4 rings (SSSR count). The first kappa shape index (κ1) is 27.2. The molecule has 8 nitrogen and oxygen atoms in total. The number of carbonyl (C=O) groups is 3. The third-order valence-corrected chi connectivity index (χ3v) is 7.40. The highest BCUT2D eigenvalue weighted by Gasteiger charge is 2.31. The molecule has 0 aromatic heterocycles. The van der Waals surface area contributed by atoms with E-state index in [1.807, 2.05) is 72.8 Å². The molecule has 4 amide bonds. The van der Waals surface area contributed by atoms with Crippen LogP contribution in [0.2, 0.25) is 0 Å². The molecule has 0 radical (unpaired) electrons. The van der Waals surface area contributed by atoms with Gasteiger partial charge in [0.25, 0.3) is 5.91 Å². The molecule has 1 heterocycles. The van der Waals surface area contributed by atoms with E-state index in [0.717, 1.165) is 32.8 Å². The second-order valence-corrected chi connectivity index (χ2v) is 9.93. The van der Waals surface area contributed by atoms with Crippen LogP contribution in [0.1, 0.15) is 24.5 Å². The lowest BCUT2D eigenvalue weighted by Crippen LogP contribution is -2.49. The minimum Gasteiger partial charge on any atom is -0.395 e. The number of amides is 4. The Morgan fingerprint density at radius 3 is 2.50 bits per heavy atom. The minimum atomic E-state index is -0.590. The van der Waals surface area contributed by atoms with E-state index in [2.05, 4.69) is 16.0 Å². The number of anilines is 1. The van der Waals surface area contributed by atoms with E-state index in [-0.39, 0.29) is 31.0 Å². The van der Waals surface area contributed by atoms with Crippen LogP contribution in [-0.2, 0) is 22.7 Å².